The monoisotopic (exact) mass is 256 g/mol. The van der Waals surface area contributed by atoms with Crippen molar-refractivity contribution in [1.82, 2.24) is 0 Å². The summed E-state index contributed by atoms with van der Waals surface area (Å²) in [6.45, 7) is 9.84. The zero-order valence-corrected chi connectivity index (χ0v) is 12.0. The Labute approximate surface area is 109 Å². The molecule has 1 saturated heterocycles. The van der Waals surface area contributed by atoms with Crippen LogP contribution in [-0.4, -0.2) is 30.4 Å². The van der Waals surface area contributed by atoms with Crippen LogP contribution in [0.25, 0.3) is 0 Å². The first-order valence-electron chi connectivity index (χ1n) is 6.90. The van der Waals surface area contributed by atoms with Crippen LogP contribution in [0.4, 0.5) is 0 Å². The summed E-state index contributed by atoms with van der Waals surface area (Å²) >= 11 is 0. The molecule has 0 aromatic carbocycles. The van der Waals surface area contributed by atoms with E-state index in [-0.39, 0.29) is 12.3 Å². The van der Waals surface area contributed by atoms with Gasteiger partial charge in [0.25, 0.3) is 0 Å². The van der Waals surface area contributed by atoms with E-state index in [1.54, 1.807) is 0 Å². The van der Waals surface area contributed by atoms with E-state index in [4.69, 9.17) is 4.74 Å². The van der Waals surface area contributed by atoms with Crippen LogP contribution in [0.3, 0.4) is 0 Å². The Morgan fingerprint density at radius 1 is 1.28 bits per heavy atom. The van der Waals surface area contributed by atoms with Crippen LogP contribution in [0.15, 0.2) is 0 Å². The molecule has 1 fully saturated rings. The molecule has 1 aliphatic rings. The highest BCUT2D eigenvalue weighted by Crippen LogP contribution is 2.28. The van der Waals surface area contributed by atoms with Gasteiger partial charge in [0.05, 0.1) is 13.1 Å². The molecule has 2 N–H and O–H groups in total. The molecule has 18 heavy (non-hydrogen) atoms. The number of quaternary nitrogens is 1. The number of carbonyl (C=O) groups is 2. The summed E-state index contributed by atoms with van der Waals surface area (Å²) in [6, 6.07) is 0. The molecule has 0 amide bonds. The quantitative estimate of drug-likeness (QED) is 0.587. The second-order valence-corrected chi connectivity index (χ2v) is 6.15. The lowest BCUT2D eigenvalue weighted by molar-refractivity contribution is -0.665. The summed E-state index contributed by atoms with van der Waals surface area (Å²) in [4.78, 5) is 23.4. The van der Waals surface area contributed by atoms with E-state index in [0.29, 0.717) is 5.92 Å². The van der Waals surface area contributed by atoms with Gasteiger partial charge in [-0.2, -0.15) is 0 Å². The molecule has 0 atom stereocenters. The van der Waals surface area contributed by atoms with Crippen LogP contribution in [-0.2, 0) is 14.3 Å². The topological polar surface area (TPSA) is 60.0 Å². The summed E-state index contributed by atoms with van der Waals surface area (Å²) in [5, 5.41) is 2.28. The van der Waals surface area contributed by atoms with Crippen LogP contribution in [0.5, 0.6) is 0 Å². The lowest BCUT2D eigenvalue weighted by Crippen LogP contribution is -2.86. The lowest BCUT2D eigenvalue weighted by Gasteiger charge is -2.35. The average Bonchev–Trinajstić information content (AvgIpc) is 2.28. The van der Waals surface area contributed by atoms with Crippen molar-refractivity contribution in [2.45, 2.75) is 52.6 Å². The van der Waals surface area contributed by atoms with Gasteiger partial charge in [0.2, 0.25) is 5.78 Å². The van der Waals surface area contributed by atoms with Crippen molar-refractivity contribution >= 4 is 11.8 Å². The minimum absolute atomic E-state index is 0.192. The first kappa shape index (κ1) is 15.2. The average molecular weight is 256 g/mol. The maximum Gasteiger partial charge on any atom is 0.375 e. The molecule has 4 nitrogen and oxygen atoms in total. The number of esters is 1. The summed E-state index contributed by atoms with van der Waals surface area (Å²) < 4.78 is 5.44. The van der Waals surface area contributed by atoms with Gasteiger partial charge in [-0.1, -0.05) is 13.8 Å². The molecule has 1 aliphatic heterocycles. The fourth-order valence-electron chi connectivity index (χ4n) is 2.46. The predicted molar refractivity (Wildman–Crippen MR) is 69.0 cm³/mol. The van der Waals surface area contributed by atoms with Gasteiger partial charge in [-0.05, 0) is 19.8 Å². The van der Waals surface area contributed by atoms with Crippen LogP contribution < -0.4 is 5.32 Å². The lowest BCUT2D eigenvalue weighted by atomic mass is 9.83. The third-order valence-corrected chi connectivity index (χ3v) is 3.60. The number of hydrogen-bond donors (Lipinski definition) is 1. The highest BCUT2D eigenvalue weighted by molar-refractivity contribution is 6.33. The Kier molecular flexibility index (Phi) is 5.32. The van der Waals surface area contributed by atoms with E-state index in [2.05, 4.69) is 5.32 Å². The number of rotatable bonds is 5. The van der Waals surface area contributed by atoms with Crippen LogP contribution >= 0.6 is 0 Å². The van der Waals surface area contributed by atoms with E-state index in [1.807, 2.05) is 27.7 Å². The first-order chi connectivity index (χ1) is 8.33. The van der Waals surface area contributed by atoms with Crippen LogP contribution in [0.1, 0.15) is 47.0 Å². The Balaban J connectivity index is 2.53. The van der Waals surface area contributed by atoms with E-state index in [1.165, 1.54) is 0 Å². The largest absolute Gasteiger partial charge is 0.454 e. The first-order valence-corrected chi connectivity index (χ1v) is 6.90. The number of carbonyl (C=O) groups excluding carboxylic acids is 2. The number of ether oxygens (including phenoxy) is 1. The van der Waals surface area contributed by atoms with Gasteiger partial charge >= 0.3 is 5.97 Å². The van der Waals surface area contributed by atoms with Crippen molar-refractivity contribution in [1.29, 1.82) is 0 Å². The van der Waals surface area contributed by atoms with Crippen molar-refractivity contribution < 1.29 is 19.6 Å². The van der Waals surface area contributed by atoms with Crippen molar-refractivity contribution in [3.63, 3.8) is 0 Å². The third kappa shape index (κ3) is 4.41. The van der Waals surface area contributed by atoms with Gasteiger partial charge < -0.3 is 10.1 Å². The molecule has 4 heteroatoms. The molecule has 0 aromatic heterocycles. The minimum Gasteiger partial charge on any atom is -0.454 e. The molecule has 0 radical (unpaired) electrons. The van der Waals surface area contributed by atoms with Crippen LogP contribution in [0.2, 0.25) is 0 Å². The molecule has 0 spiro atoms. The van der Waals surface area contributed by atoms with Gasteiger partial charge in [-0.15, -0.1) is 0 Å². The maximum atomic E-state index is 11.8. The summed E-state index contributed by atoms with van der Waals surface area (Å²) in [6.07, 6.45) is 2.35. The SMILES string of the molecule is CC(C)CC(=O)C(=O)OC(C)(C)C1CC[NH2+]CC1. The molecule has 1 heterocycles. The molecule has 1 rings (SSSR count). The smallest absolute Gasteiger partial charge is 0.375 e. The van der Waals surface area contributed by atoms with Gasteiger partial charge in [-0.3, -0.25) is 4.79 Å². The molecule has 0 saturated carbocycles. The van der Waals surface area contributed by atoms with E-state index in [0.717, 1.165) is 25.9 Å². The van der Waals surface area contributed by atoms with Gasteiger partial charge in [-0.25, -0.2) is 4.79 Å². The molecule has 0 bridgehead atoms. The van der Waals surface area contributed by atoms with Gasteiger partial charge in [0.1, 0.15) is 5.60 Å². The zero-order chi connectivity index (χ0) is 13.8. The summed E-state index contributed by atoms with van der Waals surface area (Å²) in [7, 11) is 0. The molecule has 0 aliphatic carbocycles. The molecular weight excluding hydrogens is 230 g/mol. The minimum atomic E-state index is -0.664. The number of ketones is 1. The van der Waals surface area contributed by atoms with E-state index >= 15 is 0 Å². The number of Topliss-reactive ketones (excluding diaryl/α,β-unsaturated/α-hetero) is 1. The second kappa shape index (κ2) is 6.32. The summed E-state index contributed by atoms with van der Waals surface area (Å²) in [5.41, 5.74) is -0.530. The van der Waals surface area contributed by atoms with Crippen molar-refractivity contribution in [2.24, 2.45) is 11.8 Å². The van der Waals surface area contributed by atoms with E-state index < -0.39 is 17.4 Å². The fourth-order valence-corrected chi connectivity index (χ4v) is 2.46. The van der Waals surface area contributed by atoms with Crippen molar-refractivity contribution in [3.8, 4) is 0 Å². The molecule has 0 unspecified atom stereocenters. The van der Waals surface area contributed by atoms with Crippen LogP contribution in [0, 0.1) is 11.8 Å². The fraction of sp³-hybridized carbons (Fsp3) is 0.857. The highest BCUT2D eigenvalue weighted by Gasteiger charge is 2.36. The molecule has 104 valence electrons. The number of nitrogens with two attached hydrogens (primary N) is 1. The number of hydrogen-bond acceptors (Lipinski definition) is 3. The molecular formula is C14H26NO3+. The molecule has 0 aromatic rings. The van der Waals surface area contributed by atoms with Gasteiger partial charge in [0.15, 0.2) is 0 Å². The van der Waals surface area contributed by atoms with E-state index in [9.17, 15) is 9.59 Å². The number of piperidine rings is 1. The predicted octanol–water partition coefficient (Wildman–Crippen LogP) is 0.897. The van der Waals surface area contributed by atoms with Gasteiger partial charge in [0, 0.05) is 25.2 Å². The Morgan fingerprint density at radius 2 is 1.83 bits per heavy atom. The maximum absolute atomic E-state index is 11.8. The normalized spacial score (nSPS) is 17.8. The summed E-state index contributed by atoms with van der Waals surface area (Å²) in [5.74, 6) is -0.514. The Bertz CT molecular complexity index is 304. The van der Waals surface area contributed by atoms with Crippen molar-refractivity contribution in [3.05, 3.63) is 0 Å². The third-order valence-electron chi connectivity index (χ3n) is 3.60. The zero-order valence-electron chi connectivity index (χ0n) is 12.0. The Morgan fingerprint density at radius 3 is 2.33 bits per heavy atom. The van der Waals surface area contributed by atoms with Crippen molar-refractivity contribution in [2.75, 3.05) is 13.1 Å². The highest BCUT2D eigenvalue weighted by atomic mass is 16.6. The standard InChI is InChI=1S/C14H25NO3/c1-10(2)9-12(16)13(17)18-14(3,4)11-5-7-15-8-6-11/h10-11,15H,5-9H2,1-4H3/p+1. The Hall–Kier alpha value is -0.900. The second-order valence-electron chi connectivity index (χ2n) is 6.15.